The highest BCUT2D eigenvalue weighted by atomic mass is 19.1. The number of ether oxygens (including phenoxy) is 1. The van der Waals surface area contributed by atoms with Crippen molar-refractivity contribution in [1.82, 2.24) is 10.1 Å². The van der Waals surface area contributed by atoms with Crippen molar-refractivity contribution in [2.45, 2.75) is 18.8 Å². The Balaban J connectivity index is 1.49. The molecule has 6 rings (SSSR count). The van der Waals surface area contributed by atoms with Gasteiger partial charge in [-0.15, -0.1) is 0 Å². The minimum absolute atomic E-state index is 0.124. The average Bonchev–Trinajstić information content (AvgIpc) is 3.41. The third-order valence-electron chi connectivity index (χ3n) is 6.68. The second kappa shape index (κ2) is 9.59. The molecular weight excluding hydrogens is 484 g/mol. The Morgan fingerprint density at radius 3 is 2.29 bits per heavy atom. The molecule has 2 heterocycles. The lowest BCUT2D eigenvalue weighted by atomic mass is 9.75. The smallest absolute Gasteiger partial charge is 0.260 e. The highest BCUT2D eigenvalue weighted by Crippen LogP contribution is 2.50. The summed E-state index contributed by atoms with van der Waals surface area (Å²) in [6, 6.07) is 22.0. The minimum Gasteiger partial charge on any atom is -0.441 e. The van der Waals surface area contributed by atoms with Crippen molar-refractivity contribution in [2.75, 3.05) is 0 Å². The van der Waals surface area contributed by atoms with Crippen molar-refractivity contribution in [2.24, 2.45) is 5.73 Å². The fourth-order valence-electron chi connectivity index (χ4n) is 4.98. The molecule has 1 atom stereocenters. The number of nitrogens with zero attached hydrogens (tertiary/aromatic N) is 2. The minimum atomic E-state index is -0.433. The van der Waals surface area contributed by atoms with E-state index in [0.717, 1.165) is 33.4 Å². The maximum absolute atomic E-state index is 13.9. The predicted octanol–water partition coefficient (Wildman–Crippen LogP) is 7.14. The number of aromatic nitrogens is 2. The van der Waals surface area contributed by atoms with Gasteiger partial charge in [0.2, 0.25) is 11.7 Å². The van der Waals surface area contributed by atoms with Gasteiger partial charge in [0.05, 0.1) is 5.57 Å². The van der Waals surface area contributed by atoms with Gasteiger partial charge >= 0.3 is 0 Å². The van der Waals surface area contributed by atoms with Gasteiger partial charge in [0, 0.05) is 11.5 Å². The molecule has 5 nitrogen and oxygen atoms in total. The van der Waals surface area contributed by atoms with Gasteiger partial charge in [-0.2, -0.15) is 4.98 Å². The molecule has 0 radical (unpaired) electrons. The van der Waals surface area contributed by atoms with Crippen LogP contribution < -0.4 is 5.73 Å². The van der Waals surface area contributed by atoms with Crippen molar-refractivity contribution in [3.63, 3.8) is 0 Å². The van der Waals surface area contributed by atoms with Crippen LogP contribution in [0, 0.1) is 11.6 Å². The van der Waals surface area contributed by atoms with Gasteiger partial charge in [0.15, 0.2) is 0 Å². The lowest BCUT2D eigenvalue weighted by Gasteiger charge is -2.35. The fraction of sp³-hybridized carbons (Fsp3) is 0.0968. The lowest BCUT2D eigenvalue weighted by molar-refractivity contribution is 0.286. The highest BCUT2D eigenvalue weighted by molar-refractivity contribution is 5.76. The average molecular weight is 508 g/mol. The number of allylic oxidation sites excluding steroid dienone is 4. The number of nitrogens with two attached hydrogens (primary N) is 1. The van der Waals surface area contributed by atoms with Crippen molar-refractivity contribution < 1.29 is 18.0 Å². The standard InChI is InChI=1S/C31H23F2N3O2/c1-18-15-22(17-19-7-11-23(32)12-8-19)28-25(16-18)26(20-9-13-24(33)14-10-20)27(29(34)37-28)31-35-30(36-38-31)21-5-3-2-4-6-21/h2-14,17,26H,1,15-16,34H2/b22-17+. The van der Waals surface area contributed by atoms with Crippen LogP contribution >= 0.6 is 0 Å². The van der Waals surface area contributed by atoms with E-state index in [1.807, 2.05) is 36.4 Å². The molecule has 0 saturated carbocycles. The summed E-state index contributed by atoms with van der Waals surface area (Å²) in [7, 11) is 0. The van der Waals surface area contributed by atoms with Gasteiger partial charge in [-0.05, 0) is 65.5 Å². The Kier molecular flexibility index (Phi) is 5.96. The van der Waals surface area contributed by atoms with E-state index >= 15 is 0 Å². The molecule has 1 aromatic heterocycles. The van der Waals surface area contributed by atoms with Crippen LogP contribution in [0.1, 0.15) is 35.8 Å². The van der Waals surface area contributed by atoms with Crippen molar-refractivity contribution in [3.8, 4) is 11.4 Å². The van der Waals surface area contributed by atoms with E-state index in [0.29, 0.717) is 30.0 Å². The second-order valence-electron chi connectivity index (χ2n) is 9.33. The van der Waals surface area contributed by atoms with Crippen LogP contribution in [0.4, 0.5) is 8.78 Å². The number of halogens is 2. The maximum Gasteiger partial charge on any atom is 0.260 e. The molecule has 4 aromatic rings. The van der Waals surface area contributed by atoms with Crippen LogP contribution in [0.2, 0.25) is 0 Å². The molecule has 1 unspecified atom stereocenters. The molecule has 3 aromatic carbocycles. The van der Waals surface area contributed by atoms with Crippen molar-refractivity contribution in [3.05, 3.63) is 142 Å². The quantitative estimate of drug-likeness (QED) is 0.297. The molecule has 0 saturated heterocycles. The summed E-state index contributed by atoms with van der Waals surface area (Å²) >= 11 is 0. The van der Waals surface area contributed by atoms with Crippen LogP contribution in [0.5, 0.6) is 0 Å². The Morgan fingerprint density at radius 1 is 0.895 bits per heavy atom. The summed E-state index contributed by atoms with van der Waals surface area (Å²) < 4.78 is 39.3. The Morgan fingerprint density at radius 2 is 1.58 bits per heavy atom. The van der Waals surface area contributed by atoms with Crippen LogP contribution in [0.25, 0.3) is 23.0 Å². The van der Waals surface area contributed by atoms with Crippen LogP contribution in [-0.2, 0) is 4.74 Å². The van der Waals surface area contributed by atoms with Crippen molar-refractivity contribution in [1.29, 1.82) is 0 Å². The molecule has 1 aliphatic carbocycles. The SMILES string of the molecule is C=C1CC2=C(OC(N)=C(c3nc(-c4ccccc4)no3)C2c2ccc(F)cc2)/C(=C/c2ccc(F)cc2)C1. The molecule has 38 heavy (non-hydrogen) atoms. The molecule has 0 spiro atoms. The largest absolute Gasteiger partial charge is 0.441 e. The van der Waals surface area contributed by atoms with Crippen LogP contribution in [-0.4, -0.2) is 10.1 Å². The summed E-state index contributed by atoms with van der Waals surface area (Å²) in [5.74, 6) is 0.307. The third kappa shape index (κ3) is 4.43. The zero-order valence-corrected chi connectivity index (χ0v) is 20.3. The Bertz CT molecular complexity index is 1620. The highest BCUT2D eigenvalue weighted by Gasteiger charge is 2.39. The van der Waals surface area contributed by atoms with Crippen LogP contribution in [0.3, 0.4) is 0 Å². The van der Waals surface area contributed by atoms with E-state index in [9.17, 15) is 8.78 Å². The molecule has 1 aliphatic heterocycles. The topological polar surface area (TPSA) is 74.2 Å². The molecular formula is C31H23F2N3O2. The summed E-state index contributed by atoms with van der Waals surface area (Å²) in [5, 5.41) is 4.17. The van der Waals surface area contributed by atoms with E-state index in [1.165, 1.54) is 24.3 Å². The van der Waals surface area contributed by atoms with Crippen molar-refractivity contribution >= 4 is 11.6 Å². The van der Waals surface area contributed by atoms with Gasteiger partial charge in [0.25, 0.3) is 5.89 Å². The van der Waals surface area contributed by atoms with Gasteiger partial charge in [-0.1, -0.05) is 71.9 Å². The summed E-state index contributed by atoms with van der Waals surface area (Å²) in [6.45, 7) is 4.26. The summed E-state index contributed by atoms with van der Waals surface area (Å²) in [5.41, 5.74) is 12.2. The zero-order chi connectivity index (χ0) is 26.2. The van der Waals surface area contributed by atoms with E-state index in [2.05, 4.69) is 16.7 Å². The maximum atomic E-state index is 13.9. The normalized spacial score (nSPS) is 18.5. The molecule has 0 bridgehead atoms. The van der Waals surface area contributed by atoms with Gasteiger partial charge in [-0.3, -0.25) is 0 Å². The zero-order valence-electron chi connectivity index (χ0n) is 20.3. The summed E-state index contributed by atoms with van der Waals surface area (Å²) in [6.07, 6.45) is 3.07. The monoisotopic (exact) mass is 507 g/mol. The van der Waals surface area contributed by atoms with Gasteiger partial charge in [0.1, 0.15) is 17.4 Å². The molecule has 2 N–H and O–H groups in total. The predicted molar refractivity (Wildman–Crippen MR) is 141 cm³/mol. The van der Waals surface area contributed by atoms with E-state index in [4.69, 9.17) is 15.0 Å². The first-order valence-electron chi connectivity index (χ1n) is 12.1. The van der Waals surface area contributed by atoms with E-state index < -0.39 is 5.92 Å². The Labute approximate surface area is 218 Å². The van der Waals surface area contributed by atoms with Gasteiger partial charge in [-0.25, -0.2) is 8.78 Å². The van der Waals surface area contributed by atoms with Crippen LogP contribution in [0.15, 0.2) is 118 Å². The first kappa shape index (κ1) is 23.6. The second-order valence-corrected chi connectivity index (χ2v) is 9.33. The molecule has 0 fully saturated rings. The summed E-state index contributed by atoms with van der Waals surface area (Å²) in [4.78, 5) is 4.63. The van der Waals surface area contributed by atoms with E-state index in [1.54, 1.807) is 24.3 Å². The fourth-order valence-corrected chi connectivity index (χ4v) is 4.98. The third-order valence-corrected chi connectivity index (χ3v) is 6.68. The molecule has 0 amide bonds. The first-order valence-corrected chi connectivity index (χ1v) is 12.1. The Hall–Kier alpha value is -4.78. The number of benzene rings is 3. The van der Waals surface area contributed by atoms with Gasteiger partial charge < -0.3 is 15.0 Å². The molecule has 7 heteroatoms. The number of rotatable bonds is 4. The number of hydrogen-bond donors (Lipinski definition) is 1. The molecule has 2 aliphatic rings. The van der Waals surface area contributed by atoms with E-state index in [-0.39, 0.29) is 23.4 Å². The first-order chi connectivity index (χ1) is 18.5. The lowest BCUT2D eigenvalue weighted by Crippen LogP contribution is -2.24. The molecule has 188 valence electrons. The number of hydrogen-bond acceptors (Lipinski definition) is 5.